The van der Waals surface area contributed by atoms with Crippen LogP contribution in [-0.2, 0) is 70.7 Å². The van der Waals surface area contributed by atoms with Crippen LogP contribution >= 0.6 is 15.3 Å². The summed E-state index contributed by atoms with van der Waals surface area (Å²) in [7, 11) is -8.20. The van der Waals surface area contributed by atoms with Gasteiger partial charge in [-0.2, -0.15) is 5.09 Å². The summed E-state index contributed by atoms with van der Waals surface area (Å²) in [4.78, 5) is 62.5. The zero-order chi connectivity index (χ0) is 72.7. The van der Waals surface area contributed by atoms with Crippen LogP contribution in [0, 0.1) is 26.9 Å². The molecule has 6 aliphatic heterocycles. The molecular formula is C71H90N6O21P2. The van der Waals surface area contributed by atoms with E-state index in [1.165, 1.54) is 31.2 Å². The van der Waals surface area contributed by atoms with E-state index >= 15 is 0 Å². The lowest BCUT2D eigenvalue weighted by Gasteiger charge is -2.31. The first-order valence-electron chi connectivity index (χ1n) is 32.8. The minimum atomic E-state index is -4.24. The van der Waals surface area contributed by atoms with Gasteiger partial charge < -0.3 is 77.8 Å². The van der Waals surface area contributed by atoms with E-state index in [0.29, 0.717) is 40.9 Å². The maximum absolute atomic E-state index is 14.4. The summed E-state index contributed by atoms with van der Waals surface area (Å²) in [5.41, 5.74) is 11.2. The first-order chi connectivity index (χ1) is 47.0. The van der Waals surface area contributed by atoms with Gasteiger partial charge in [0.1, 0.15) is 59.9 Å². The minimum Gasteiger partial charge on any atom is -0.465 e. The van der Waals surface area contributed by atoms with E-state index in [2.05, 4.69) is 5.09 Å². The molecule has 29 heteroatoms. The molecule has 12 atom stereocenters. The number of nitrogens with two attached hydrogens (primary N) is 2. The quantitative estimate of drug-likeness (QED) is 0.0204. The number of carbonyl (C=O) groups excluding carboxylic acids is 4. The van der Waals surface area contributed by atoms with Gasteiger partial charge in [0.25, 0.3) is 5.69 Å². The van der Waals surface area contributed by atoms with Crippen molar-refractivity contribution in [3.63, 3.8) is 0 Å². The standard InChI is InChI=1S/C32H42N3O9P.C25H28NO7P.C14H20N2O5/c1-20(30(37)39-19-31(2,3)4)34-45(38,44-24-15-9-12-21-11-7-8-14-23(21)24)40-18-25-26-27(43-32(5,6)42-26)29(41-25)35-16-10-13-22(17-35)28(33)36;1-18(24(27)31-17-25(2,3)4)16-34(30,32-21-14-12-20(13-15-21)26(28)29)33-23-11-7-9-19-8-5-6-10-22(19)23;1-14(2)20-10-9(7-17)19-13(11(10)21-14)16-5-3-4-8(6-16)12(15)18/h7-12,14-17,20,25-27,29H,13,18-19H2,1-6H3,(H2,33,36)(H,34,38);5-15,18H,16-17H2,1-4H3;3,5-6,9-11,13,17H,4,7H2,1-2H3,(H2,15,18)/t20?,25?,26-,27-,29-,45?;;9?,10-,11-,13-/m1.1/s1. The van der Waals surface area contributed by atoms with Crippen molar-refractivity contribution < 1.29 is 94.3 Å². The lowest BCUT2D eigenvalue weighted by molar-refractivity contribution is -0.384. The Morgan fingerprint density at radius 3 is 1.57 bits per heavy atom. The Kier molecular flexibility index (Phi) is 24.0. The Labute approximate surface area is 581 Å². The number of amides is 2. The monoisotopic (exact) mass is 1420 g/mol. The Balaban J connectivity index is 0.000000187. The maximum atomic E-state index is 14.4. The van der Waals surface area contributed by atoms with Gasteiger partial charge in [0.2, 0.25) is 11.8 Å². The van der Waals surface area contributed by atoms with Crippen LogP contribution in [-0.4, -0.2) is 143 Å². The topological polar surface area (TPSA) is 347 Å². The Bertz CT molecular complexity index is 4010. The van der Waals surface area contributed by atoms with Gasteiger partial charge in [-0.1, -0.05) is 133 Å². The van der Waals surface area contributed by atoms with E-state index in [-0.39, 0.29) is 67.1 Å². The van der Waals surface area contributed by atoms with Crippen LogP contribution in [0.2, 0.25) is 0 Å². The van der Waals surface area contributed by atoms with E-state index in [4.69, 9.17) is 67.5 Å². The molecule has 6 aliphatic rings. The molecule has 6 N–H and O–H groups in total. The van der Waals surface area contributed by atoms with E-state index in [1.54, 1.807) is 79.5 Å². The van der Waals surface area contributed by atoms with Crippen LogP contribution in [0.3, 0.4) is 0 Å². The number of hydrogen-bond donors (Lipinski definition) is 4. The number of fused-ring (bicyclic) bond motifs is 4. The van der Waals surface area contributed by atoms with Gasteiger partial charge in [0.15, 0.2) is 24.0 Å². The molecule has 0 aromatic heterocycles. The fourth-order valence-electron chi connectivity index (χ4n) is 11.4. The molecule has 6 heterocycles. The van der Waals surface area contributed by atoms with E-state index in [1.807, 2.05) is 128 Å². The number of benzene rings is 5. The third-order valence-corrected chi connectivity index (χ3v) is 19.6. The number of aliphatic hydroxyl groups excluding tert-OH is 1. The molecule has 27 nitrogen and oxygen atoms in total. The van der Waals surface area contributed by atoms with Gasteiger partial charge in [-0.25, -0.2) is 9.13 Å². The van der Waals surface area contributed by atoms with Gasteiger partial charge in [-0.05, 0) is 93.3 Å². The highest BCUT2D eigenvalue weighted by Crippen LogP contribution is 2.53. The zero-order valence-electron chi connectivity index (χ0n) is 58.1. The number of carbonyl (C=O) groups is 4. The molecule has 5 aromatic rings. The van der Waals surface area contributed by atoms with Crippen LogP contribution in [0.25, 0.3) is 21.5 Å². The normalized spacial score (nSPS) is 24.4. The Hall–Kier alpha value is -8.04. The molecule has 0 bridgehead atoms. The van der Waals surface area contributed by atoms with E-state index in [0.717, 1.165) is 16.2 Å². The predicted molar refractivity (Wildman–Crippen MR) is 369 cm³/mol. The molecule has 0 aliphatic carbocycles. The van der Waals surface area contributed by atoms with Gasteiger partial charge in [-0.15, -0.1) is 0 Å². The fourth-order valence-corrected chi connectivity index (χ4v) is 14.8. The number of rotatable bonds is 23. The summed E-state index contributed by atoms with van der Waals surface area (Å²) < 4.78 is 99.3. The molecule has 4 fully saturated rings. The molecule has 6 unspecified atom stereocenters. The molecule has 0 spiro atoms. The van der Waals surface area contributed by atoms with Crippen molar-refractivity contribution in [1.82, 2.24) is 14.9 Å². The number of non-ortho nitro benzene ring substituents is 1. The summed E-state index contributed by atoms with van der Waals surface area (Å²) in [5, 5.41) is 26.4. The summed E-state index contributed by atoms with van der Waals surface area (Å²) in [6.07, 6.45) is 7.00. The summed E-state index contributed by atoms with van der Waals surface area (Å²) in [6.45, 7) is 22.0. The maximum Gasteiger partial charge on any atom is 0.459 e. The summed E-state index contributed by atoms with van der Waals surface area (Å²) in [5.74, 6) is -3.74. The van der Waals surface area contributed by atoms with Gasteiger partial charge >= 0.3 is 27.3 Å². The summed E-state index contributed by atoms with van der Waals surface area (Å²) >= 11 is 0. The highest BCUT2D eigenvalue weighted by atomic mass is 31.2. The Morgan fingerprint density at radius 2 is 1.09 bits per heavy atom. The first kappa shape index (κ1) is 76.1. The minimum absolute atomic E-state index is 0.128. The van der Waals surface area contributed by atoms with E-state index in [9.17, 15) is 43.5 Å². The molecular weight excluding hydrogens is 1330 g/mol. The second-order valence-corrected chi connectivity index (χ2v) is 31.9. The van der Waals surface area contributed by atoms with Crippen molar-refractivity contribution in [1.29, 1.82) is 0 Å². The van der Waals surface area contributed by atoms with Crippen LogP contribution in [0.15, 0.2) is 157 Å². The number of ether oxygens (including phenoxy) is 8. The van der Waals surface area contributed by atoms with Gasteiger partial charge in [0.05, 0.1) is 43.4 Å². The number of hydrogen-bond acceptors (Lipinski definition) is 23. The number of primary amides is 2. The number of esters is 2. The lowest BCUT2D eigenvalue weighted by atomic mass is 9.99. The first-order valence-corrected chi connectivity index (χ1v) is 36.0. The smallest absolute Gasteiger partial charge is 0.459 e. The molecule has 2 amide bonds. The van der Waals surface area contributed by atoms with Crippen molar-refractivity contribution in [2.45, 2.75) is 163 Å². The van der Waals surface area contributed by atoms with Crippen LogP contribution < -0.4 is 30.1 Å². The van der Waals surface area contributed by atoms with Gasteiger partial charge in [-0.3, -0.25) is 33.8 Å². The number of aliphatic hydroxyl groups is 1. The third-order valence-electron chi connectivity index (χ3n) is 16.0. The Morgan fingerprint density at radius 1 is 0.640 bits per heavy atom. The van der Waals surface area contributed by atoms with Crippen LogP contribution in [0.1, 0.15) is 95.9 Å². The molecule has 5 aromatic carbocycles. The number of nitro benzene ring substituents is 1. The zero-order valence-corrected chi connectivity index (χ0v) is 59.9. The predicted octanol–water partition coefficient (Wildman–Crippen LogP) is 11.2. The number of nitrogens with one attached hydrogen (secondary N) is 1. The highest BCUT2D eigenvalue weighted by Gasteiger charge is 2.58. The number of allylic oxidation sites excluding steroid dienone is 2. The number of nitrogens with zero attached hydrogens (tertiary/aromatic N) is 3. The summed E-state index contributed by atoms with van der Waals surface area (Å²) in [6, 6.07) is 29.8. The fraction of sp³-hybridized carbons (Fsp3) is 0.465. The lowest BCUT2D eigenvalue weighted by Crippen LogP contribution is -2.40. The molecule has 100 heavy (non-hydrogen) atoms. The molecule has 0 saturated carbocycles. The molecule has 11 rings (SSSR count). The molecule has 540 valence electrons. The van der Waals surface area contributed by atoms with E-state index < -0.39 is 104 Å². The molecule has 0 radical (unpaired) electrons. The third kappa shape index (κ3) is 19.9. The second-order valence-electron chi connectivity index (χ2n) is 28.2. The van der Waals surface area contributed by atoms with Crippen molar-refractivity contribution in [2.75, 3.05) is 32.6 Å². The number of nitro groups is 1. The average Bonchev–Trinajstić information content (AvgIpc) is 1.60. The second kappa shape index (κ2) is 31.5. The van der Waals surface area contributed by atoms with Crippen LogP contribution in [0.5, 0.6) is 17.2 Å². The van der Waals surface area contributed by atoms with Crippen molar-refractivity contribution in [2.24, 2.45) is 28.2 Å². The largest absolute Gasteiger partial charge is 0.465 e. The van der Waals surface area contributed by atoms with Crippen molar-refractivity contribution >= 4 is 66.3 Å². The van der Waals surface area contributed by atoms with Crippen molar-refractivity contribution in [3.05, 3.63) is 167 Å². The van der Waals surface area contributed by atoms with Crippen LogP contribution in [0.4, 0.5) is 5.69 Å². The molecule has 4 saturated heterocycles. The SMILES string of the molecule is CC(CP(=O)(Oc1ccc([N+](=O)[O-])cc1)Oc1cccc2ccccc12)C(=O)OCC(C)(C)C.CC(NP(=O)(OCC1O[C@@H](N2C=CCC(C(N)=O)=C2)[C@@H]2OC(C)(C)O[C@H]12)Oc1cccc2ccccc12)C(=O)OCC(C)(C)C.CC1(C)O[C@@H]2[C@H](O1)C(CO)O[C@H]2N1C=CCC(C(N)=O)=C1. The average molecular weight is 1430 g/mol. The van der Waals surface area contributed by atoms with Crippen molar-refractivity contribution in [3.8, 4) is 17.2 Å². The highest BCUT2D eigenvalue weighted by molar-refractivity contribution is 7.54. The van der Waals surface area contributed by atoms with Gasteiger partial charge in [0, 0.05) is 58.9 Å².